The van der Waals surface area contributed by atoms with E-state index in [-0.39, 0.29) is 17.0 Å². The Morgan fingerprint density at radius 2 is 1.96 bits per heavy atom. The highest BCUT2D eigenvalue weighted by atomic mass is 32.1. The van der Waals surface area contributed by atoms with Crippen molar-refractivity contribution in [2.75, 3.05) is 5.32 Å². The molecule has 1 N–H and O–H groups in total. The third-order valence-corrected chi connectivity index (χ3v) is 5.13. The zero-order chi connectivity index (χ0) is 18.0. The summed E-state index contributed by atoms with van der Waals surface area (Å²) in [5.74, 6) is 0. The molecular formula is C19H24N4OS. The highest BCUT2D eigenvalue weighted by Crippen LogP contribution is 2.28. The number of fused-ring (bicyclic) bond motifs is 1. The van der Waals surface area contributed by atoms with Crippen molar-refractivity contribution in [2.45, 2.75) is 46.6 Å². The zero-order valence-electron chi connectivity index (χ0n) is 15.1. The van der Waals surface area contributed by atoms with E-state index in [1.165, 1.54) is 21.4 Å². The standard InChI is InChI=1S/C19H24N4OS/c1-5-14-12-16(24)23-18(20-14)25-17(22-23)21-15(19(2,3)4)11-13-9-7-6-8-10-13/h6-10,12,15H,5,11H2,1-4H3,(H,21,22)/t15-/m0/s1. The second-order valence-corrected chi connectivity index (χ2v) is 8.25. The van der Waals surface area contributed by atoms with E-state index in [1.54, 1.807) is 6.07 Å². The van der Waals surface area contributed by atoms with Crippen molar-refractivity contribution >= 4 is 21.4 Å². The minimum absolute atomic E-state index is 0.0423. The Balaban J connectivity index is 1.90. The number of rotatable bonds is 5. The van der Waals surface area contributed by atoms with Gasteiger partial charge in [0.25, 0.3) is 5.56 Å². The summed E-state index contributed by atoms with van der Waals surface area (Å²) in [7, 11) is 0. The lowest BCUT2D eigenvalue weighted by Crippen LogP contribution is -2.36. The molecule has 0 saturated carbocycles. The molecule has 132 valence electrons. The van der Waals surface area contributed by atoms with E-state index in [9.17, 15) is 4.79 Å². The summed E-state index contributed by atoms with van der Waals surface area (Å²) in [5, 5.41) is 8.69. The van der Waals surface area contributed by atoms with E-state index >= 15 is 0 Å². The Kier molecular flexibility index (Phi) is 4.90. The molecule has 0 unspecified atom stereocenters. The van der Waals surface area contributed by atoms with E-state index < -0.39 is 0 Å². The Bertz CT molecular complexity index is 909. The summed E-state index contributed by atoms with van der Waals surface area (Å²) in [5.41, 5.74) is 2.00. The molecule has 0 spiro atoms. The van der Waals surface area contributed by atoms with Gasteiger partial charge < -0.3 is 5.32 Å². The molecule has 0 saturated heterocycles. The number of anilines is 1. The van der Waals surface area contributed by atoms with Crippen molar-refractivity contribution in [2.24, 2.45) is 5.41 Å². The molecule has 25 heavy (non-hydrogen) atoms. The summed E-state index contributed by atoms with van der Waals surface area (Å²) in [4.78, 5) is 17.3. The predicted molar refractivity (Wildman–Crippen MR) is 104 cm³/mol. The van der Waals surface area contributed by atoms with Gasteiger partial charge in [0.15, 0.2) is 0 Å². The highest BCUT2D eigenvalue weighted by molar-refractivity contribution is 7.20. The summed E-state index contributed by atoms with van der Waals surface area (Å²) in [6, 6.07) is 12.2. The normalized spacial score (nSPS) is 13.1. The minimum atomic E-state index is -0.124. The molecule has 0 amide bonds. The average molecular weight is 356 g/mol. The second kappa shape index (κ2) is 6.96. The van der Waals surface area contributed by atoms with Crippen LogP contribution >= 0.6 is 11.3 Å². The van der Waals surface area contributed by atoms with Crippen molar-refractivity contribution in [1.82, 2.24) is 14.6 Å². The topological polar surface area (TPSA) is 59.3 Å². The molecule has 0 fully saturated rings. The van der Waals surface area contributed by atoms with Gasteiger partial charge in [0.05, 0.1) is 0 Å². The van der Waals surface area contributed by atoms with Crippen LogP contribution in [0.5, 0.6) is 0 Å². The van der Waals surface area contributed by atoms with E-state index in [0.717, 1.165) is 23.7 Å². The summed E-state index contributed by atoms with van der Waals surface area (Å²) in [6.45, 7) is 8.62. The van der Waals surface area contributed by atoms with Crippen molar-refractivity contribution < 1.29 is 0 Å². The van der Waals surface area contributed by atoms with Crippen molar-refractivity contribution in [1.29, 1.82) is 0 Å². The van der Waals surface area contributed by atoms with Gasteiger partial charge in [-0.1, -0.05) is 69.4 Å². The van der Waals surface area contributed by atoms with E-state index in [1.807, 2.05) is 13.0 Å². The number of aromatic nitrogens is 3. The quantitative estimate of drug-likeness (QED) is 0.756. The lowest BCUT2D eigenvalue weighted by Gasteiger charge is -2.31. The molecule has 0 radical (unpaired) electrons. The summed E-state index contributed by atoms with van der Waals surface area (Å²) < 4.78 is 1.38. The Morgan fingerprint density at radius 1 is 1.24 bits per heavy atom. The molecule has 5 nitrogen and oxygen atoms in total. The van der Waals surface area contributed by atoms with E-state index in [2.05, 4.69) is 60.4 Å². The summed E-state index contributed by atoms with van der Waals surface area (Å²) in [6.07, 6.45) is 1.63. The zero-order valence-corrected chi connectivity index (χ0v) is 15.9. The second-order valence-electron chi connectivity index (χ2n) is 7.29. The Morgan fingerprint density at radius 3 is 2.60 bits per heavy atom. The molecule has 1 aromatic carbocycles. The van der Waals surface area contributed by atoms with Gasteiger partial charge in [-0.2, -0.15) is 4.52 Å². The van der Waals surface area contributed by atoms with Crippen LogP contribution in [-0.4, -0.2) is 20.6 Å². The fourth-order valence-electron chi connectivity index (χ4n) is 2.67. The molecule has 1 atom stereocenters. The molecule has 6 heteroatoms. The van der Waals surface area contributed by atoms with Gasteiger partial charge >= 0.3 is 0 Å². The first kappa shape index (κ1) is 17.6. The first-order valence-electron chi connectivity index (χ1n) is 8.57. The number of hydrogen-bond donors (Lipinski definition) is 1. The highest BCUT2D eigenvalue weighted by Gasteiger charge is 2.26. The molecular weight excluding hydrogens is 332 g/mol. The minimum Gasteiger partial charge on any atom is -0.356 e. The number of aryl methyl sites for hydroxylation is 1. The smallest absolute Gasteiger partial charge is 0.275 e. The van der Waals surface area contributed by atoms with Crippen LogP contribution in [-0.2, 0) is 12.8 Å². The molecule has 3 rings (SSSR count). The lowest BCUT2D eigenvalue weighted by atomic mass is 9.83. The molecule has 0 bridgehead atoms. The number of hydrogen-bond acceptors (Lipinski definition) is 5. The predicted octanol–water partition coefficient (Wildman–Crippen LogP) is 3.78. The fraction of sp³-hybridized carbons (Fsp3) is 0.421. The first-order chi connectivity index (χ1) is 11.9. The average Bonchev–Trinajstić information content (AvgIpc) is 2.97. The molecule has 0 aliphatic heterocycles. The van der Waals surface area contributed by atoms with Crippen LogP contribution < -0.4 is 10.9 Å². The molecule has 2 heterocycles. The van der Waals surface area contributed by atoms with Gasteiger partial charge in [-0.3, -0.25) is 4.79 Å². The Hall–Kier alpha value is -2.21. The van der Waals surface area contributed by atoms with Crippen LogP contribution in [0.25, 0.3) is 4.96 Å². The largest absolute Gasteiger partial charge is 0.356 e. The van der Waals surface area contributed by atoms with Crippen molar-refractivity contribution in [3.63, 3.8) is 0 Å². The monoisotopic (exact) mass is 356 g/mol. The van der Waals surface area contributed by atoms with Crippen molar-refractivity contribution in [3.8, 4) is 0 Å². The van der Waals surface area contributed by atoms with E-state index in [4.69, 9.17) is 0 Å². The van der Waals surface area contributed by atoms with Gasteiger partial charge in [0, 0.05) is 17.8 Å². The van der Waals surface area contributed by atoms with Gasteiger partial charge in [0.1, 0.15) is 0 Å². The molecule has 3 aromatic rings. The maximum Gasteiger partial charge on any atom is 0.275 e. The van der Waals surface area contributed by atoms with Crippen LogP contribution in [0.1, 0.15) is 39.0 Å². The van der Waals surface area contributed by atoms with Gasteiger partial charge in [-0.25, -0.2) is 4.98 Å². The van der Waals surface area contributed by atoms with Crippen LogP contribution in [0.3, 0.4) is 0 Å². The van der Waals surface area contributed by atoms with Gasteiger partial charge in [-0.05, 0) is 23.8 Å². The first-order valence-corrected chi connectivity index (χ1v) is 9.38. The maximum atomic E-state index is 12.2. The number of nitrogens with zero attached hydrogens (tertiary/aromatic N) is 3. The number of benzene rings is 1. The lowest BCUT2D eigenvalue weighted by molar-refractivity contribution is 0.338. The third-order valence-electron chi connectivity index (χ3n) is 4.29. The van der Waals surface area contributed by atoms with Gasteiger partial charge in [0.2, 0.25) is 10.1 Å². The molecule has 0 aliphatic carbocycles. The molecule has 0 aliphatic rings. The Labute approximate surface area is 151 Å². The van der Waals surface area contributed by atoms with Crippen LogP contribution in [0.2, 0.25) is 0 Å². The SMILES string of the molecule is CCc1cc(=O)n2nc(N[C@@H](Cc3ccccc3)C(C)(C)C)sc2n1. The van der Waals surface area contributed by atoms with E-state index in [0.29, 0.717) is 4.96 Å². The summed E-state index contributed by atoms with van der Waals surface area (Å²) >= 11 is 1.43. The van der Waals surface area contributed by atoms with Crippen molar-refractivity contribution in [3.05, 3.63) is 58.0 Å². The van der Waals surface area contributed by atoms with Crippen LogP contribution in [0.15, 0.2) is 41.2 Å². The van der Waals surface area contributed by atoms with Crippen LogP contribution in [0, 0.1) is 5.41 Å². The third kappa shape index (κ3) is 4.07. The fourth-order valence-corrected chi connectivity index (χ4v) is 3.55. The van der Waals surface area contributed by atoms with Crippen LogP contribution in [0.4, 0.5) is 5.13 Å². The molecule has 2 aromatic heterocycles. The number of nitrogens with one attached hydrogen (secondary N) is 1. The maximum absolute atomic E-state index is 12.2. The van der Waals surface area contributed by atoms with Gasteiger partial charge in [-0.15, -0.1) is 5.10 Å².